The van der Waals surface area contributed by atoms with Crippen LogP contribution in [0.3, 0.4) is 0 Å². The van der Waals surface area contributed by atoms with Crippen LogP contribution >= 0.6 is 34.8 Å². The normalized spacial score (nSPS) is 13.2. The lowest BCUT2D eigenvalue weighted by Gasteiger charge is -2.23. The van der Waals surface area contributed by atoms with E-state index in [0.717, 1.165) is 28.4 Å². The number of hydrogen-bond donors (Lipinski definition) is 3. The van der Waals surface area contributed by atoms with Gasteiger partial charge in [-0.15, -0.1) is 5.10 Å². The van der Waals surface area contributed by atoms with Crippen molar-refractivity contribution in [3.05, 3.63) is 116 Å². The number of aryl methyl sites for hydroxylation is 4. The Balaban J connectivity index is 0.000000335. The average Bonchev–Trinajstić information content (AvgIpc) is 3.43. The molecular formula is C40H44Cl3N7O6S. The summed E-state index contributed by atoms with van der Waals surface area (Å²) in [6.07, 6.45) is 1.18. The van der Waals surface area contributed by atoms with Gasteiger partial charge in [-0.1, -0.05) is 64.6 Å². The summed E-state index contributed by atoms with van der Waals surface area (Å²) < 4.78 is 30.1. The highest BCUT2D eigenvalue weighted by atomic mass is 35.5. The highest BCUT2D eigenvalue weighted by Crippen LogP contribution is 2.38. The van der Waals surface area contributed by atoms with Crippen molar-refractivity contribution in [2.75, 3.05) is 54.8 Å². The van der Waals surface area contributed by atoms with Crippen molar-refractivity contribution in [3.63, 3.8) is 0 Å². The fraction of sp³-hybridized carbons (Fsp3) is 0.275. The lowest BCUT2D eigenvalue weighted by atomic mass is 10.1. The molecule has 0 fully saturated rings. The van der Waals surface area contributed by atoms with E-state index >= 15 is 0 Å². The number of benzene rings is 4. The molecule has 0 aromatic heterocycles. The standard InChI is InChI=1S/C27H22Cl3N5O4.C13H22N2O2S/c1-14-7-8-21(15(2)9-14)39-13-22(36)32-18-6-4-5-16(10-18)26(37)33-25-23(31-3)27(38)35(34-25)24-19(29)11-17(28)12-20(24)30;1-5-15(9-8-14-18(4,16)17)13-7-6-11(2)12(3)10-13/h4-12H,13H2,1-3H3,(H,32,36)(H,33,34,37);6-7,10,14H,5,8-9H2,1-4H3. The topological polar surface area (TPSA) is 162 Å². The van der Waals surface area contributed by atoms with Gasteiger partial charge in [-0.05, 0) is 99.8 Å². The summed E-state index contributed by atoms with van der Waals surface area (Å²) in [6.45, 7) is 11.9. The molecule has 13 nitrogen and oxygen atoms in total. The molecule has 57 heavy (non-hydrogen) atoms. The highest BCUT2D eigenvalue weighted by molar-refractivity contribution is 7.88. The number of hydrazone groups is 1. The first-order chi connectivity index (χ1) is 26.9. The number of aliphatic imine (C=N–C) groups is 1. The van der Waals surface area contributed by atoms with Gasteiger partial charge in [0.2, 0.25) is 10.0 Å². The van der Waals surface area contributed by atoms with E-state index in [4.69, 9.17) is 39.5 Å². The smallest absolute Gasteiger partial charge is 0.300 e. The van der Waals surface area contributed by atoms with Gasteiger partial charge in [0.1, 0.15) is 11.4 Å². The van der Waals surface area contributed by atoms with Crippen molar-refractivity contribution >= 4 is 91.2 Å². The zero-order chi connectivity index (χ0) is 42.0. The molecule has 4 aromatic carbocycles. The Morgan fingerprint density at radius 2 is 1.60 bits per heavy atom. The minimum absolute atomic E-state index is 0.0918. The predicted octanol–water partition coefficient (Wildman–Crippen LogP) is 7.12. The predicted molar refractivity (Wildman–Crippen MR) is 230 cm³/mol. The Hall–Kier alpha value is -4.99. The van der Waals surface area contributed by atoms with Gasteiger partial charge in [-0.2, -0.15) is 5.01 Å². The van der Waals surface area contributed by atoms with E-state index in [0.29, 0.717) is 24.5 Å². The third-order valence-corrected chi connectivity index (χ3v) is 10.1. The second-order valence-corrected chi connectivity index (χ2v) is 16.1. The number of carbonyl (C=O) groups excluding carboxylic acids is 3. The number of rotatable bonds is 12. The minimum Gasteiger partial charge on any atom is -0.483 e. The first-order valence-corrected chi connectivity index (χ1v) is 20.7. The van der Waals surface area contributed by atoms with Crippen LogP contribution in [0.15, 0.2) is 82.9 Å². The van der Waals surface area contributed by atoms with Crippen LogP contribution in [-0.2, 0) is 19.6 Å². The molecule has 0 saturated heterocycles. The Bertz CT molecular complexity index is 2310. The molecule has 0 radical (unpaired) electrons. The van der Waals surface area contributed by atoms with E-state index < -0.39 is 27.7 Å². The van der Waals surface area contributed by atoms with Gasteiger partial charge in [-0.25, -0.2) is 13.1 Å². The fourth-order valence-electron chi connectivity index (χ4n) is 5.55. The Morgan fingerprint density at radius 3 is 2.21 bits per heavy atom. The van der Waals surface area contributed by atoms with Gasteiger partial charge in [0.15, 0.2) is 18.2 Å². The molecule has 3 amide bonds. The van der Waals surface area contributed by atoms with Crippen molar-refractivity contribution in [2.24, 2.45) is 10.1 Å². The molecule has 0 aliphatic carbocycles. The van der Waals surface area contributed by atoms with Crippen LogP contribution in [0.1, 0.15) is 39.5 Å². The lowest BCUT2D eigenvalue weighted by Crippen LogP contribution is -2.37. The van der Waals surface area contributed by atoms with E-state index in [1.807, 2.05) is 32.0 Å². The number of ether oxygens (including phenoxy) is 1. The summed E-state index contributed by atoms with van der Waals surface area (Å²) >= 11 is 18.5. The van der Waals surface area contributed by atoms with Crippen LogP contribution in [0.4, 0.5) is 17.1 Å². The monoisotopic (exact) mass is 855 g/mol. The van der Waals surface area contributed by atoms with Crippen molar-refractivity contribution < 1.29 is 27.5 Å². The third-order valence-electron chi connectivity index (χ3n) is 8.55. The second-order valence-electron chi connectivity index (χ2n) is 13.0. The molecule has 17 heteroatoms. The lowest BCUT2D eigenvalue weighted by molar-refractivity contribution is -0.118. The third kappa shape index (κ3) is 12.5. The summed E-state index contributed by atoms with van der Waals surface area (Å²) in [7, 11) is -1.71. The number of carbonyl (C=O) groups is 3. The molecule has 0 saturated carbocycles. The number of hydrogen-bond acceptors (Lipinski definition) is 9. The average molecular weight is 857 g/mol. The quantitative estimate of drug-likeness (QED) is 0.137. The maximum absolute atomic E-state index is 13.0. The van der Waals surface area contributed by atoms with Crippen molar-refractivity contribution in [3.8, 4) is 5.75 Å². The van der Waals surface area contributed by atoms with Crippen molar-refractivity contribution in [1.82, 2.24) is 10.0 Å². The van der Waals surface area contributed by atoms with Crippen molar-refractivity contribution in [2.45, 2.75) is 34.6 Å². The van der Waals surface area contributed by atoms with Crippen LogP contribution in [-0.4, -0.2) is 77.2 Å². The van der Waals surface area contributed by atoms with Gasteiger partial charge in [0.05, 0.1) is 16.3 Å². The van der Waals surface area contributed by atoms with E-state index in [9.17, 15) is 22.8 Å². The van der Waals surface area contributed by atoms with Gasteiger partial charge in [-0.3, -0.25) is 19.4 Å². The number of anilines is 3. The molecular weight excluding hydrogens is 813 g/mol. The maximum atomic E-state index is 13.0. The molecule has 302 valence electrons. The Labute approximate surface area is 348 Å². The Morgan fingerprint density at radius 1 is 0.895 bits per heavy atom. The summed E-state index contributed by atoms with van der Waals surface area (Å²) in [5.74, 6) is -1.10. The first kappa shape index (κ1) is 44.7. The van der Waals surface area contributed by atoms with E-state index in [1.165, 1.54) is 42.6 Å². The zero-order valence-electron chi connectivity index (χ0n) is 32.5. The summed E-state index contributed by atoms with van der Waals surface area (Å²) in [4.78, 5) is 44.5. The molecule has 0 bridgehead atoms. The van der Waals surface area contributed by atoms with Crippen LogP contribution < -0.4 is 30.0 Å². The molecule has 0 atom stereocenters. The second kappa shape index (κ2) is 19.9. The van der Waals surface area contributed by atoms with E-state index in [-0.39, 0.29) is 44.5 Å². The van der Waals surface area contributed by atoms with Gasteiger partial charge < -0.3 is 20.3 Å². The van der Waals surface area contributed by atoms with E-state index in [1.54, 1.807) is 18.2 Å². The maximum Gasteiger partial charge on any atom is 0.300 e. The Kier molecular flexibility index (Phi) is 15.6. The molecule has 0 unspecified atom stereocenters. The summed E-state index contributed by atoms with van der Waals surface area (Å²) in [5.41, 5.74) is 6.26. The summed E-state index contributed by atoms with van der Waals surface area (Å²) in [6, 6.07) is 21.1. The van der Waals surface area contributed by atoms with Crippen molar-refractivity contribution in [1.29, 1.82) is 0 Å². The molecule has 1 aliphatic rings. The number of sulfonamides is 1. The molecule has 1 heterocycles. The molecule has 0 spiro atoms. The van der Waals surface area contributed by atoms with Crippen LogP contribution in [0.5, 0.6) is 5.75 Å². The fourth-order valence-corrected chi connectivity index (χ4v) is 6.99. The minimum atomic E-state index is -3.10. The molecule has 3 N–H and O–H groups in total. The van der Waals surface area contributed by atoms with Gasteiger partial charge in [0.25, 0.3) is 11.8 Å². The van der Waals surface area contributed by atoms with E-state index in [2.05, 4.69) is 69.3 Å². The van der Waals surface area contributed by atoms with Crippen LogP contribution in [0.2, 0.25) is 15.1 Å². The number of likely N-dealkylation sites (N-methyl/N-ethyl adjacent to an activating group) is 1. The molecule has 5 rings (SSSR count). The highest BCUT2D eigenvalue weighted by Gasteiger charge is 2.36. The largest absolute Gasteiger partial charge is 0.483 e. The number of amidine groups is 1. The number of nitrogens with one attached hydrogen (secondary N) is 3. The zero-order valence-corrected chi connectivity index (χ0v) is 35.6. The van der Waals surface area contributed by atoms with Gasteiger partial charge >= 0.3 is 5.91 Å². The SMILES string of the molecule is CCN(CCNS(C)(=O)=O)c1ccc(C)c(C)c1.CN=C1C(=O)N(c2c(Cl)cc(Cl)cc2Cl)N=C1NC(=O)c1cccc(NC(=O)COc2ccc(C)cc2C)c1. The molecule has 1 aliphatic heterocycles. The van der Waals surface area contributed by atoms with Gasteiger partial charge in [0, 0.05) is 48.6 Å². The van der Waals surface area contributed by atoms with Crippen LogP contribution in [0, 0.1) is 27.7 Å². The summed E-state index contributed by atoms with van der Waals surface area (Å²) in [5, 5.41) is 10.9. The van der Waals surface area contributed by atoms with Crippen LogP contribution in [0.25, 0.3) is 0 Å². The number of halogens is 3. The number of amides is 3. The first-order valence-electron chi connectivity index (χ1n) is 17.6. The molecule has 4 aromatic rings. The number of nitrogens with zero attached hydrogens (tertiary/aromatic N) is 4.